The highest BCUT2D eigenvalue weighted by atomic mass is 32.1. The summed E-state index contributed by atoms with van der Waals surface area (Å²) in [5, 5.41) is 2.14. The van der Waals surface area contributed by atoms with E-state index in [1.54, 1.807) is 0 Å². The summed E-state index contributed by atoms with van der Waals surface area (Å²) < 4.78 is 0. The molecule has 116 valence electrons. The van der Waals surface area contributed by atoms with Gasteiger partial charge in [0.2, 0.25) is 5.91 Å². The average molecular weight is 306 g/mol. The van der Waals surface area contributed by atoms with Gasteiger partial charge < -0.3 is 10.6 Å². The predicted octanol–water partition coefficient (Wildman–Crippen LogP) is 3.14. The maximum atomic E-state index is 13.0. The van der Waals surface area contributed by atoms with E-state index in [-0.39, 0.29) is 5.92 Å². The van der Waals surface area contributed by atoms with Crippen LogP contribution in [-0.4, -0.2) is 30.4 Å². The Morgan fingerprint density at radius 2 is 2.14 bits per heavy atom. The van der Waals surface area contributed by atoms with Crippen LogP contribution in [0.3, 0.4) is 0 Å². The first-order chi connectivity index (χ1) is 10.2. The summed E-state index contributed by atoms with van der Waals surface area (Å²) >= 11 is 1.81. The number of carbonyl (C=O) groups is 1. The Labute approximate surface area is 131 Å². The van der Waals surface area contributed by atoms with Gasteiger partial charge in [-0.25, -0.2) is 0 Å². The van der Waals surface area contributed by atoms with Gasteiger partial charge in [-0.05, 0) is 61.6 Å². The number of rotatable bonds is 3. The van der Waals surface area contributed by atoms with Crippen molar-refractivity contribution in [3.8, 4) is 0 Å². The van der Waals surface area contributed by atoms with Crippen LogP contribution in [-0.2, 0) is 11.2 Å². The van der Waals surface area contributed by atoms with Gasteiger partial charge in [0.1, 0.15) is 0 Å². The van der Waals surface area contributed by atoms with Crippen LogP contribution in [0.15, 0.2) is 11.4 Å². The Balaban J connectivity index is 1.76. The number of likely N-dealkylation sites (N-methyl/N-ethyl adjacent to an activating group) is 1. The molecule has 0 spiro atoms. The van der Waals surface area contributed by atoms with Crippen molar-refractivity contribution in [2.75, 3.05) is 13.6 Å². The van der Waals surface area contributed by atoms with Gasteiger partial charge in [0.15, 0.2) is 0 Å². The molecule has 1 amide bonds. The summed E-state index contributed by atoms with van der Waals surface area (Å²) in [7, 11) is 2.00. The van der Waals surface area contributed by atoms with Crippen LogP contribution in [0.1, 0.15) is 54.9 Å². The van der Waals surface area contributed by atoms with Gasteiger partial charge in [-0.3, -0.25) is 4.79 Å². The van der Waals surface area contributed by atoms with Crippen molar-refractivity contribution < 1.29 is 4.79 Å². The molecule has 0 aromatic carbocycles. The minimum atomic E-state index is 0.0883. The van der Waals surface area contributed by atoms with Crippen molar-refractivity contribution in [3.05, 3.63) is 21.9 Å². The van der Waals surface area contributed by atoms with Crippen LogP contribution in [0.25, 0.3) is 0 Å². The van der Waals surface area contributed by atoms with Gasteiger partial charge in [-0.2, -0.15) is 0 Å². The fraction of sp³-hybridized carbons (Fsp3) is 0.706. The lowest BCUT2D eigenvalue weighted by Gasteiger charge is -2.39. The van der Waals surface area contributed by atoms with Crippen LogP contribution in [0, 0.1) is 5.92 Å². The molecule has 4 heteroatoms. The number of amides is 1. The summed E-state index contributed by atoms with van der Waals surface area (Å²) in [5.74, 6) is 0.892. The Morgan fingerprint density at radius 1 is 1.33 bits per heavy atom. The molecule has 3 atom stereocenters. The zero-order valence-electron chi connectivity index (χ0n) is 12.9. The summed E-state index contributed by atoms with van der Waals surface area (Å²) in [6.07, 6.45) is 8.08. The number of thiophene rings is 1. The smallest absolute Gasteiger partial charge is 0.230 e. The molecular weight excluding hydrogens is 280 g/mol. The first-order valence-electron chi connectivity index (χ1n) is 8.25. The van der Waals surface area contributed by atoms with E-state index in [1.807, 2.05) is 23.3 Å². The maximum Gasteiger partial charge on any atom is 0.230 e. The maximum absolute atomic E-state index is 13.0. The highest BCUT2D eigenvalue weighted by Gasteiger charge is 2.35. The number of aryl methyl sites for hydroxylation is 1. The van der Waals surface area contributed by atoms with Gasteiger partial charge >= 0.3 is 0 Å². The zero-order valence-corrected chi connectivity index (χ0v) is 13.7. The molecule has 0 aliphatic heterocycles. The summed E-state index contributed by atoms with van der Waals surface area (Å²) in [6.45, 7) is 0.705. The first kappa shape index (κ1) is 15.0. The Morgan fingerprint density at radius 3 is 2.95 bits per heavy atom. The summed E-state index contributed by atoms with van der Waals surface area (Å²) in [5.41, 5.74) is 7.23. The molecule has 3 rings (SSSR count). The number of nitrogens with two attached hydrogens (primary N) is 1. The van der Waals surface area contributed by atoms with Gasteiger partial charge in [-0.1, -0.05) is 12.8 Å². The molecular formula is C17H26N2OS. The Bertz CT molecular complexity index is 499. The summed E-state index contributed by atoms with van der Waals surface area (Å²) in [4.78, 5) is 16.5. The first-order valence-corrected chi connectivity index (χ1v) is 9.13. The van der Waals surface area contributed by atoms with Gasteiger partial charge in [0.25, 0.3) is 0 Å². The third kappa shape index (κ3) is 2.88. The standard InChI is InChI=1S/C17H26N2OS/c1-19(15-7-3-2-5-12(15)11-18)17(20)14-6-4-8-16-13(14)9-10-21-16/h9-10,12,14-15H,2-8,11,18H2,1H3. The van der Waals surface area contributed by atoms with Crippen LogP contribution in [0.4, 0.5) is 0 Å². The molecule has 0 bridgehead atoms. The number of nitrogens with zero attached hydrogens (tertiary/aromatic N) is 1. The molecule has 2 N–H and O–H groups in total. The predicted molar refractivity (Wildman–Crippen MR) is 87.6 cm³/mol. The van der Waals surface area contributed by atoms with E-state index < -0.39 is 0 Å². The van der Waals surface area contributed by atoms with Gasteiger partial charge in [0.05, 0.1) is 5.92 Å². The highest BCUT2D eigenvalue weighted by molar-refractivity contribution is 7.10. The number of fused-ring (bicyclic) bond motifs is 1. The molecule has 3 unspecified atom stereocenters. The molecule has 1 aromatic rings. The van der Waals surface area contributed by atoms with Gasteiger partial charge in [0, 0.05) is 18.0 Å². The van der Waals surface area contributed by atoms with Crippen molar-refractivity contribution in [3.63, 3.8) is 0 Å². The van der Waals surface area contributed by atoms with Crippen LogP contribution < -0.4 is 5.73 Å². The topological polar surface area (TPSA) is 46.3 Å². The monoisotopic (exact) mass is 306 g/mol. The van der Waals surface area contributed by atoms with E-state index in [1.165, 1.54) is 29.7 Å². The second kappa shape index (κ2) is 6.49. The lowest BCUT2D eigenvalue weighted by molar-refractivity contribution is -0.135. The van der Waals surface area contributed by atoms with Crippen LogP contribution >= 0.6 is 11.3 Å². The third-order valence-corrected chi connectivity index (χ3v) is 6.36. The molecule has 0 radical (unpaired) electrons. The molecule has 2 aliphatic carbocycles. The van der Waals surface area contributed by atoms with Crippen molar-refractivity contribution >= 4 is 17.2 Å². The quantitative estimate of drug-likeness (QED) is 0.932. The van der Waals surface area contributed by atoms with E-state index in [9.17, 15) is 4.79 Å². The third-order valence-electron chi connectivity index (χ3n) is 5.37. The minimum absolute atomic E-state index is 0.0883. The zero-order chi connectivity index (χ0) is 14.8. The van der Waals surface area contributed by atoms with Crippen molar-refractivity contribution in [2.45, 2.75) is 56.9 Å². The molecule has 2 aliphatic rings. The van der Waals surface area contributed by atoms with Crippen molar-refractivity contribution in [2.24, 2.45) is 11.7 Å². The molecule has 1 aromatic heterocycles. The van der Waals surface area contributed by atoms with Crippen LogP contribution in [0.2, 0.25) is 0 Å². The molecule has 3 nitrogen and oxygen atoms in total. The largest absolute Gasteiger partial charge is 0.342 e. The number of hydrogen-bond donors (Lipinski definition) is 1. The van der Waals surface area contributed by atoms with Crippen molar-refractivity contribution in [1.29, 1.82) is 0 Å². The van der Waals surface area contributed by atoms with E-state index in [4.69, 9.17) is 5.73 Å². The normalized spacial score (nSPS) is 29.0. The Kier molecular flexibility index (Phi) is 4.65. The lowest BCUT2D eigenvalue weighted by Crippen LogP contribution is -2.47. The highest BCUT2D eigenvalue weighted by Crippen LogP contribution is 2.37. The van der Waals surface area contributed by atoms with Crippen molar-refractivity contribution in [1.82, 2.24) is 4.90 Å². The van der Waals surface area contributed by atoms with E-state index >= 15 is 0 Å². The molecule has 1 heterocycles. The lowest BCUT2D eigenvalue weighted by atomic mass is 9.82. The second-order valence-corrected chi connectivity index (χ2v) is 7.54. The van der Waals surface area contributed by atoms with Gasteiger partial charge in [-0.15, -0.1) is 11.3 Å². The number of carbonyl (C=O) groups excluding carboxylic acids is 1. The molecule has 1 fully saturated rings. The second-order valence-electron chi connectivity index (χ2n) is 6.54. The minimum Gasteiger partial charge on any atom is -0.342 e. The SMILES string of the molecule is CN(C(=O)C1CCCc2sccc21)C1CCCCC1CN. The fourth-order valence-corrected chi connectivity index (χ4v) is 5.11. The number of hydrogen-bond acceptors (Lipinski definition) is 3. The van der Waals surface area contributed by atoms with E-state index in [0.717, 1.165) is 25.7 Å². The molecule has 0 saturated heterocycles. The molecule has 1 saturated carbocycles. The average Bonchev–Trinajstić information content (AvgIpc) is 3.02. The molecule has 21 heavy (non-hydrogen) atoms. The van der Waals surface area contributed by atoms with Crippen LogP contribution in [0.5, 0.6) is 0 Å². The van der Waals surface area contributed by atoms with E-state index in [0.29, 0.717) is 24.4 Å². The Hall–Kier alpha value is -0.870. The summed E-state index contributed by atoms with van der Waals surface area (Å²) in [6, 6.07) is 2.51. The van der Waals surface area contributed by atoms with E-state index in [2.05, 4.69) is 11.4 Å². The fourth-order valence-electron chi connectivity index (χ4n) is 4.13.